The van der Waals surface area contributed by atoms with Crippen LogP contribution >= 0.6 is 12.4 Å². The fraction of sp³-hybridized carbons (Fsp3) is 1.00. The number of hydrogen-bond donors (Lipinski definition) is 1. The third kappa shape index (κ3) is 233. The topological polar surface area (TPSA) is 12.0 Å². The van der Waals surface area contributed by atoms with Gasteiger partial charge >= 0.3 is 0 Å². The van der Waals surface area contributed by atoms with Gasteiger partial charge < -0.3 is 5.32 Å². The van der Waals surface area contributed by atoms with Crippen LogP contribution in [0.5, 0.6) is 0 Å². The molecule has 0 unspecified atom stereocenters. The van der Waals surface area contributed by atoms with Gasteiger partial charge in [-0.15, -0.1) is 12.4 Å². The van der Waals surface area contributed by atoms with Gasteiger partial charge in [0.1, 0.15) is 0 Å². The minimum atomic E-state index is 0. The minimum absolute atomic E-state index is 0. The van der Waals surface area contributed by atoms with Gasteiger partial charge in [0.15, 0.2) is 0 Å². The van der Waals surface area contributed by atoms with E-state index in [0.29, 0.717) is 0 Å². The Balaban J connectivity index is -0.0000000200. The van der Waals surface area contributed by atoms with Gasteiger partial charge in [-0.05, 0) is 14.1 Å². The molecule has 3 heteroatoms. The van der Waals surface area contributed by atoms with E-state index in [0.717, 1.165) is 0 Å². The van der Waals surface area contributed by atoms with Crippen LogP contribution in [0, 0.1) is 0 Å². The molecule has 5 heavy (non-hydrogen) atoms. The van der Waals surface area contributed by atoms with Gasteiger partial charge in [0, 0.05) is 0 Å². The zero-order chi connectivity index (χ0) is 2.71. The first-order valence-corrected chi connectivity index (χ1v) is 1.00. The van der Waals surface area contributed by atoms with Crippen molar-refractivity contribution in [1.82, 2.24) is 5.32 Å². The van der Waals surface area contributed by atoms with E-state index in [9.17, 15) is 0 Å². The maximum absolute atomic E-state index is 2.75. The van der Waals surface area contributed by atoms with Crippen LogP contribution in [0.25, 0.3) is 0 Å². The van der Waals surface area contributed by atoms with Gasteiger partial charge in [-0.3, -0.25) is 0 Å². The molecule has 0 aliphatic rings. The minimum Gasteiger partial charge on any atom is -0.323 e. The maximum atomic E-state index is 2.75. The van der Waals surface area contributed by atoms with Crippen molar-refractivity contribution >= 4 is 20.8 Å². The van der Waals surface area contributed by atoms with Crippen molar-refractivity contribution in [1.29, 1.82) is 0 Å². The quantitative estimate of drug-likeness (QED) is 0.384. The van der Waals surface area contributed by atoms with Crippen molar-refractivity contribution in [3.63, 3.8) is 0 Å². The van der Waals surface area contributed by atoms with Gasteiger partial charge in [0.25, 0.3) is 0 Å². The van der Waals surface area contributed by atoms with Crippen molar-refractivity contribution in [2.75, 3.05) is 14.1 Å². The number of hydrogen-bond acceptors (Lipinski definition) is 1. The third-order valence-electron chi connectivity index (χ3n) is 0. The summed E-state index contributed by atoms with van der Waals surface area (Å²) in [6.45, 7) is 0. The van der Waals surface area contributed by atoms with E-state index in [4.69, 9.17) is 0 Å². The molecule has 0 saturated heterocycles. The lowest BCUT2D eigenvalue weighted by atomic mass is 10.8. The summed E-state index contributed by atoms with van der Waals surface area (Å²) >= 11 is 0. The number of halogens is 1. The third-order valence-corrected chi connectivity index (χ3v) is 0. The number of rotatable bonds is 0. The first-order chi connectivity index (χ1) is 1.41. The molecule has 0 fully saturated rings. The van der Waals surface area contributed by atoms with Gasteiger partial charge in [0.2, 0.25) is 0 Å². The predicted molar refractivity (Wildman–Crippen MR) is 32.2 cm³/mol. The molecule has 34 valence electrons. The highest BCUT2D eigenvalue weighted by atomic mass is 35.5. The Morgan fingerprint density at radius 2 is 1.20 bits per heavy atom. The van der Waals surface area contributed by atoms with Crippen molar-refractivity contribution in [2.24, 2.45) is 0 Å². The molecule has 0 aromatic carbocycles. The Kier molecular flexibility index (Phi) is 101. The lowest BCUT2D eigenvalue weighted by Crippen LogP contribution is -1.89. The molecule has 0 aromatic rings. The van der Waals surface area contributed by atoms with Crippen LogP contribution in [0.2, 0.25) is 0 Å². The van der Waals surface area contributed by atoms with E-state index in [1.54, 1.807) is 0 Å². The molecule has 0 aromatic heterocycles. The molecule has 0 heterocycles. The molecule has 0 bridgehead atoms. The van der Waals surface area contributed by atoms with E-state index in [2.05, 4.69) is 5.32 Å². The molecule has 1 nitrogen and oxygen atoms in total. The molecule has 0 aliphatic heterocycles. The first-order valence-electron chi connectivity index (χ1n) is 1.00. The van der Waals surface area contributed by atoms with Gasteiger partial charge in [-0.25, -0.2) is 0 Å². The molecular formula is C2H11BClN. The summed E-state index contributed by atoms with van der Waals surface area (Å²) in [7, 11) is 3.75. The fourth-order valence-corrected chi connectivity index (χ4v) is 0. The summed E-state index contributed by atoms with van der Waals surface area (Å²) in [6.07, 6.45) is 0. The fourth-order valence-electron chi connectivity index (χ4n) is 0. The number of nitrogens with one attached hydrogen (secondary N) is 1. The van der Waals surface area contributed by atoms with Crippen molar-refractivity contribution in [3.05, 3.63) is 0 Å². The lowest BCUT2D eigenvalue weighted by Gasteiger charge is -1.59. The smallest absolute Gasteiger partial charge is 0.0814 e. The van der Waals surface area contributed by atoms with E-state index in [-0.39, 0.29) is 20.8 Å². The van der Waals surface area contributed by atoms with Gasteiger partial charge in [-0.1, -0.05) is 0 Å². The van der Waals surface area contributed by atoms with Crippen LogP contribution in [-0.2, 0) is 0 Å². The monoisotopic (exact) mass is 95.1 g/mol. The Labute approximate surface area is 41.1 Å². The van der Waals surface area contributed by atoms with E-state index >= 15 is 0 Å². The van der Waals surface area contributed by atoms with Crippen molar-refractivity contribution in [2.45, 2.75) is 0 Å². The second-order valence-corrected chi connectivity index (χ2v) is 0.500. The van der Waals surface area contributed by atoms with Crippen LogP contribution in [-0.4, -0.2) is 22.5 Å². The molecule has 0 aliphatic carbocycles. The molecule has 1 N–H and O–H groups in total. The standard InChI is InChI=1S/C2H7N.BH3.ClH/c1-3-2;;/h3H,1-2H3;1H3;1H. The molecule has 0 rings (SSSR count). The molecule has 0 spiro atoms. The van der Waals surface area contributed by atoms with Crippen molar-refractivity contribution in [3.8, 4) is 0 Å². The normalized spacial score (nSPS) is 3.60. The first kappa shape index (κ1) is 18.5. The molecular weight excluding hydrogens is 84.3 g/mol. The second-order valence-electron chi connectivity index (χ2n) is 0.500. The highest BCUT2D eigenvalue weighted by molar-refractivity contribution is 5.85. The average molecular weight is 95.4 g/mol. The van der Waals surface area contributed by atoms with Gasteiger partial charge in [-0.2, -0.15) is 0 Å². The van der Waals surface area contributed by atoms with Crippen LogP contribution in [0.3, 0.4) is 0 Å². The zero-order valence-corrected chi connectivity index (χ0v) is 3.72. The molecule has 0 atom stereocenters. The predicted octanol–water partition coefficient (Wildman–Crippen LogP) is -0.927. The van der Waals surface area contributed by atoms with Gasteiger partial charge in [0.05, 0.1) is 8.41 Å². The summed E-state index contributed by atoms with van der Waals surface area (Å²) in [6, 6.07) is 0. The Hall–Kier alpha value is 0.315. The Bertz CT molecular complexity index is 9.61. The Morgan fingerprint density at radius 3 is 1.20 bits per heavy atom. The summed E-state index contributed by atoms with van der Waals surface area (Å²) < 4.78 is 0. The van der Waals surface area contributed by atoms with E-state index in [1.807, 2.05) is 14.1 Å². The van der Waals surface area contributed by atoms with Crippen LogP contribution in [0.1, 0.15) is 0 Å². The average Bonchev–Trinajstić information content (AvgIpc) is 0.918. The zero-order valence-electron chi connectivity index (χ0n) is 2.91. The molecule has 0 amide bonds. The van der Waals surface area contributed by atoms with Crippen molar-refractivity contribution < 1.29 is 0 Å². The Morgan fingerprint density at radius 1 is 1.20 bits per heavy atom. The summed E-state index contributed by atoms with van der Waals surface area (Å²) in [5.74, 6) is 0. The van der Waals surface area contributed by atoms with Crippen LogP contribution in [0.15, 0.2) is 0 Å². The maximum Gasteiger partial charge on any atom is 0.0814 e. The SMILES string of the molecule is B.CNC.Cl. The molecule has 0 radical (unpaired) electrons. The van der Waals surface area contributed by atoms with Crippen LogP contribution in [0.4, 0.5) is 0 Å². The van der Waals surface area contributed by atoms with Crippen LogP contribution < -0.4 is 5.32 Å². The van der Waals surface area contributed by atoms with E-state index < -0.39 is 0 Å². The largest absolute Gasteiger partial charge is 0.323 e. The molecule has 0 saturated carbocycles. The van der Waals surface area contributed by atoms with E-state index in [1.165, 1.54) is 0 Å². The summed E-state index contributed by atoms with van der Waals surface area (Å²) in [4.78, 5) is 0. The highest BCUT2D eigenvalue weighted by Crippen LogP contribution is 0.981. The summed E-state index contributed by atoms with van der Waals surface area (Å²) in [5, 5.41) is 2.75. The lowest BCUT2D eigenvalue weighted by molar-refractivity contribution is 1.02. The highest BCUT2D eigenvalue weighted by Gasteiger charge is 1.25. The summed E-state index contributed by atoms with van der Waals surface area (Å²) in [5.41, 5.74) is 0. The second kappa shape index (κ2) is 27.4.